The number of nitrogens with zero attached hydrogens (tertiary/aromatic N) is 2. The summed E-state index contributed by atoms with van der Waals surface area (Å²) >= 11 is 0. The summed E-state index contributed by atoms with van der Waals surface area (Å²) < 4.78 is 22.6. The van der Waals surface area contributed by atoms with Crippen LogP contribution in [0.2, 0.25) is 0 Å². The third kappa shape index (κ3) is 9.09. The highest BCUT2D eigenvalue weighted by molar-refractivity contribution is 14.0. The van der Waals surface area contributed by atoms with Crippen molar-refractivity contribution in [3.63, 3.8) is 0 Å². The molecule has 0 aromatic rings. The molecule has 0 saturated carbocycles. The number of hydrogen-bond acceptors (Lipinski definition) is 4. The first kappa shape index (κ1) is 25.2. The van der Waals surface area contributed by atoms with Crippen molar-refractivity contribution in [1.29, 1.82) is 0 Å². The first-order valence-electron chi connectivity index (χ1n) is 7.82. The minimum atomic E-state index is -3.12. The largest absolute Gasteiger partial charge is 0.355 e. The van der Waals surface area contributed by atoms with Crippen LogP contribution >= 0.6 is 24.0 Å². The Balaban J connectivity index is 0. The Kier molecular flexibility index (Phi) is 11.7. The maximum Gasteiger partial charge on any atom is 0.191 e. The smallest absolute Gasteiger partial charge is 0.191 e. The number of halogens is 1. The summed E-state index contributed by atoms with van der Waals surface area (Å²) in [6.45, 7) is 14.1. The Labute approximate surface area is 159 Å². The second-order valence-electron chi connectivity index (χ2n) is 6.81. The molecule has 0 heterocycles. The SMILES string of the molecule is CN=C(NCCN(C(C)C)C(C)C)NCC(C)(C)S(C)(=O)=O.I. The Morgan fingerprint density at radius 3 is 1.96 bits per heavy atom. The fourth-order valence-corrected chi connectivity index (χ4v) is 2.40. The molecule has 0 aliphatic carbocycles. The van der Waals surface area contributed by atoms with Crippen molar-refractivity contribution in [2.24, 2.45) is 4.99 Å². The van der Waals surface area contributed by atoms with E-state index in [1.165, 1.54) is 6.26 Å². The van der Waals surface area contributed by atoms with Gasteiger partial charge >= 0.3 is 0 Å². The fraction of sp³-hybridized carbons (Fsp3) is 0.933. The van der Waals surface area contributed by atoms with Crippen molar-refractivity contribution >= 4 is 39.8 Å². The summed E-state index contributed by atoms with van der Waals surface area (Å²) in [6, 6.07) is 0.974. The van der Waals surface area contributed by atoms with E-state index in [0.717, 1.165) is 13.1 Å². The molecule has 0 aliphatic rings. The Morgan fingerprint density at radius 1 is 1.13 bits per heavy atom. The molecular weight excluding hydrogens is 427 g/mol. The monoisotopic (exact) mass is 462 g/mol. The predicted octanol–water partition coefficient (Wildman–Crippen LogP) is 1.71. The van der Waals surface area contributed by atoms with Crippen LogP contribution in [0.1, 0.15) is 41.5 Å². The summed E-state index contributed by atoms with van der Waals surface area (Å²) in [5, 5.41) is 6.33. The van der Waals surface area contributed by atoms with Crippen LogP contribution in [0.15, 0.2) is 4.99 Å². The average Bonchev–Trinajstić information content (AvgIpc) is 2.35. The van der Waals surface area contributed by atoms with E-state index in [1.807, 2.05) is 0 Å². The second kappa shape index (κ2) is 10.7. The van der Waals surface area contributed by atoms with Crippen LogP contribution in [0.25, 0.3) is 0 Å². The fourth-order valence-electron chi connectivity index (χ4n) is 2.06. The van der Waals surface area contributed by atoms with Gasteiger partial charge in [-0.15, -0.1) is 24.0 Å². The molecular formula is C15H35IN4O2S. The number of nitrogens with one attached hydrogen (secondary N) is 2. The third-order valence-corrected chi connectivity index (χ3v) is 6.05. The molecule has 140 valence electrons. The number of hydrogen-bond donors (Lipinski definition) is 2. The molecule has 6 nitrogen and oxygen atoms in total. The molecule has 2 N–H and O–H groups in total. The van der Waals surface area contributed by atoms with E-state index < -0.39 is 14.6 Å². The molecule has 0 aliphatic heterocycles. The molecule has 0 amide bonds. The van der Waals surface area contributed by atoms with E-state index >= 15 is 0 Å². The zero-order chi connectivity index (χ0) is 17.6. The predicted molar refractivity (Wildman–Crippen MR) is 111 cm³/mol. The van der Waals surface area contributed by atoms with Gasteiger partial charge in [-0.1, -0.05) is 0 Å². The van der Waals surface area contributed by atoms with Crippen LogP contribution in [0, 0.1) is 0 Å². The number of aliphatic imine (C=N–C) groups is 1. The highest BCUT2D eigenvalue weighted by atomic mass is 127. The molecule has 23 heavy (non-hydrogen) atoms. The topological polar surface area (TPSA) is 73.8 Å². The maximum absolute atomic E-state index is 11.7. The lowest BCUT2D eigenvalue weighted by molar-refractivity contribution is 0.178. The first-order valence-corrected chi connectivity index (χ1v) is 9.71. The van der Waals surface area contributed by atoms with Gasteiger partial charge < -0.3 is 10.6 Å². The van der Waals surface area contributed by atoms with Gasteiger partial charge in [-0.25, -0.2) is 8.42 Å². The molecule has 0 atom stereocenters. The van der Waals surface area contributed by atoms with E-state index in [0.29, 0.717) is 24.6 Å². The van der Waals surface area contributed by atoms with Gasteiger partial charge in [-0.2, -0.15) is 0 Å². The summed E-state index contributed by atoms with van der Waals surface area (Å²) in [4.78, 5) is 6.53. The van der Waals surface area contributed by atoms with Crippen molar-refractivity contribution in [1.82, 2.24) is 15.5 Å². The molecule has 8 heteroatoms. The molecule has 0 spiro atoms. The van der Waals surface area contributed by atoms with E-state index in [2.05, 4.69) is 48.2 Å². The van der Waals surface area contributed by atoms with Crippen molar-refractivity contribution < 1.29 is 8.42 Å². The Hall–Kier alpha value is -0.0900. The third-order valence-electron chi connectivity index (χ3n) is 3.90. The first-order chi connectivity index (χ1) is 9.92. The zero-order valence-electron chi connectivity index (χ0n) is 15.8. The summed E-state index contributed by atoms with van der Waals surface area (Å²) in [7, 11) is -1.43. The molecule has 0 saturated heterocycles. The highest BCUT2D eigenvalue weighted by Crippen LogP contribution is 2.13. The molecule has 0 fully saturated rings. The van der Waals surface area contributed by atoms with Crippen LogP contribution in [-0.4, -0.2) is 69.0 Å². The highest BCUT2D eigenvalue weighted by Gasteiger charge is 2.30. The summed E-state index contributed by atoms with van der Waals surface area (Å²) in [6.07, 6.45) is 1.26. The lowest BCUT2D eigenvalue weighted by Crippen LogP contribution is -2.49. The number of guanidine groups is 1. The van der Waals surface area contributed by atoms with Crippen LogP contribution in [0.3, 0.4) is 0 Å². The molecule has 0 bridgehead atoms. The maximum atomic E-state index is 11.7. The lowest BCUT2D eigenvalue weighted by Gasteiger charge is -2.31. The van der Waals surface area contributed by atoms with Gasteiger partial charge in [0.15, 0.2) is 15.8 Å². The van der Waals surface area contributed by atoms with Gasteiger partial charge in [0.05, 0.1) is 4.75 Å². The van der Waals surface area contributed by atoms with E-state index in [9.17, 15) is 8.42 Å². The zero-order valence-corrected chi connectivity index (χ0v) is 19.0. The minimum Gasteiger partial charge on any atom is -0.355 e. The van der Waals surface area contributed by atoms with Gasteiger partial charge in [-0.3, -0.25) is 9.89 Å². The van der Waals surface area contributed by atoms with Gasteiger partial charge in [0, 0.05) is 45.0 Å². The number of rotatable bonds is 8. The van der Waals surface area contributed by atoms with Crippen molar-refractivity contribution in [2.45, 2.75) is 58.4 Å². The lowest BCUT2D eigenvalue weighted by atomic mass is 10.2. The average molecular weight is 462 g/mol. The number of sulfone groups is 1. The molecule has 0 aromatic carbocycles. The van der Waals surface area contributed by atoms with Crippen molar-refractivity contribution in [2.75, 3.05) is 32.9 Å². The molecule has 0 unspecified atom stereocenters. The summed E-state index contributed by atoms with van der Waals surface area (Å²) in [5.74, 6) is 0.629. The molecule has 0 aromatic heterocycles. The summed E-state index contributed by atoms with van der Waals surface area (Å²) in [5.41, 5.74) is 0. The van der Waals surface area contributed by atoms with Crippen molar-refractivity contribution in [3.05, 3.63) is 0 Å². The van der Waals surface area contributed by atoms with Gasteiger partial charge in [-0.05, 0) is 41.5 Å². The quantitative estimate of drug-likeness (QED) is 0.327. The van der Waals surface area contributed by atoms with Gasteiger partial charge in [0.1, 0.15) is 0 Å². The van der Waals surface area contributed by atoms with Gasteiger partial charge in [0.25, 0.3) is 0 Å². The van der Waals surface area contributed by atoms with Crippen LogP contribution < -0.4 is 10.6 Å². The van der Waals surface area contributed by atoms with Crippen molar-refractivity contribution in [3.8, 4) is 0 Å². The minimum absolute atomic E-state index is 0. The molecule has 0 rings (SSSR count). The van der Waals surface area contributed by atoms with Crippen LogP contribution in [0.5, 0.6) is 0 Å². The van der Waals surface area contributed by atoms with Crippen LogP contribution in [0.4, 0.5) is 0 Å². The Morgan fingerprint density at radius 2 is 1.61 bits per heavy atom. The Bertz CT molecular complexity index is 454. The van der Waals surface area contributed by atoms with Gasteiger partial charge in [0.2, 0.25) is 0 Å². The second-order valence-corrected chi connectivity index (χ2v) is 9.46. The van der Waals surface area contributed by atoms with Crippen LogP contribution in [-0.2, 0) is 9.84 Å². The van der Waals surface area contributed by atoms with E-state index in [1.54, 1.807) is 20.9 Å². The van der Waals surface area contributed by atoms with E-state index in [-0.39, 0.29) is 24.0 Å². The van der Waals surface area contributed by atoms with E-state index in [4.69, 9.17) is 0 Å². The normalized spacial score (nSPS) is 13.4. The standard InChI is InChI=1S/C15H34N4O2S.HI/c1-12(2)19(13(3)4)10-9-17-14(16-7)18-11-15(5,6)22(8,20)21;/h12-13H,9-11H2,1-8H3,(H2,16,17,18);1H. The molecule has 0 radical (unpaired) electrons.